The van der Waals surface area contributed by atoms with Crippen LogP contribution in [0.3, 0.4) is 0 Å². The van der Waals surface area contributed by atoms with E-state index < -0.39 is 0 Å². The third kappa shape index (κ3) is 14.4. The van der Waals surface area contributed by atoms with Crippen molar-refractivity contribution in [1.82, 2.24) is 4.90 Å². The average Bonchev–Trinajstić information content (AvgIpc) is 2.70. The smallest absolute Gasteiger partial charge is 0.246 e. The highest BCUT2D eigenvalue weighted by atomic mass is 16.2. The molecule has 0 radical (unpaired) electrons. The molecule has 2 nitrogen and oxygen atoms in total. The van der Waals surface area contributed by atoms with Gasteiger partial charge >= 0.3 is 0 Å². The predicted octanol–water partition coefficient (Wildman–Crippen LogP) is 7.37. The lowest BCUT2D eigenvalue weighted by molar-refractivity contribution is -0.126. The van der Waals surface area contributed by atoms with Crippen LogP contribution in [-0.4, -0.2) is 23.9 Å². The first kappa shape index (κ1) is 23.7. The zero-order valence-corrected chi connectivity index (χ0v) is 17.8. The summed E-state index contributed by atoms with van der Waals surface area (Å²) in [6.07, 6.45) is 31.9. The Morgan fingerprint density at radius 1 is 0.704 bits per heavy atom. The van der Waals surface area contributed by atoms with Gasteiger partial charge in [-0.15, -0.1) is 0 Å². The van der Waals surface area contributed by atoms with Crippen LogP contribution in [0.4, 0.5) is 0 Å². The fraction of sp³-hybridized carbons (Fsp3) is 0.720. The minimum absolute atomic E-state index is 0.176. The van der Waals surface area contributed by atoms with Gasteiger partial charge in [0.15, 0.2) is 0 Å². The Morgan fingerprint density at radius 3 is 1.89 bits per heavy atom. The highest BCUT2D eigenvalue weighted by molar-refractivity contribution is 5.87. The SMILES string of the molecule is CCCCC/C=C/CCCCCCCC/C=C/C=C/C(=O)N1CCCCC1. The maximum atomic E-state index is 12.0. The number of unbranched alkanes of at least 4 members (excludes halogenated alkanes) is 10. The molecule has 1 amide bonds. The van der Waals surface area contributed by atoms with Crippen LogP contribution in [0.2, 0.25) is 0 Å². The Labute approximate surface area is 168 Å². The van der Waals surface area contributed by atoms with Crippen LogP contribution < -0.4 is 0 Å². The molecule has 1 aliphatic heterocycles. The van der Waals surface area contributed by atoms with Crippen molar-refractivity contribution in [3.05, 3.63) is 36.5 Å². The van der Waals surface area contributed by atoms with Crippen LogP contribution in [0.15, 0.2) is 36.5 Å². The second-order valence-electron chi connectivity index (χ2n) is 7.84. The van der Waals surface area contributed by atoms with Crippen LogP contribution in [0.5, 0.6) is 0 Å². The third-order valence-corrected chi connectivity index (χ3v) is 5.29. The summed E-state index contributed by atoms with van der Waals surface area (Å²) in [6, 6.07) is 0. The molecule has 1 aliphatic rings. The standard InChI is InChI=1S/C25H43NO/c1-2-3-4-5-6-7-8-9-10-11-12-13-14-15-16-17-19-22-25(27)26-23-20-18-21-24-26/h6-7,16-17,19,22H,2-5,8-15,18,20-21,23-24H2,1H3/b7-6+,17-16+,22-19+. The van der Waals surface area contributed by atoms with E-state index in [2.05, 4.69) is 25.2 Å². The first-order valence-electron chi connectivity index (χ1n) is 11.6. The highest BCUT2D eigenvalue weighted by Gasteiger charge is 2.12. The maximum absolute atomic E-state index is 12.0. The van der Waals surface area contributed by atoms with Crippen molar-refractivity contribution in [3.63, 3.8) is 0 Å². The van der Waals surface area contributed by atoms with Gasteiger partial charge in [-0.05, 0) is 57.8 Å². The first-order valence-corrected chi connectivity index (χ1v) is 11.6. The second-order valence-corrected chi connectivity index (χ2v) is 7.84. The summed E-state index contributed by atoms with van der Waals surface area (Å²) in [5, 5.41) is 0. The molecule has 27 heavy (non-hydrogen) atoms. The van der Waals surface area contributed by atoms with Gasteiger partial charge in [0.05, 0.1) is 0 Å². The second kappa shape index (κ2) is 18.1. The van der Waals surface area contributed by atoms with Gasteiger partial charge in [0.1, 0.15) is 0 Å². The van der Waals surface area contributed by atoms with E-state index in [4.69, 9.17) is 0 Å². The van der Waals surface area contributed by atoms with E-state index in [1.54, 1.807) is 6.08 Å². The van der Waals surface area contributed by atoms with Gasteiger partial charge in [0.25, 0.3) is 0 Å². The molecule has 0 unspecified atom stereocenters. The fourth-order valence-electron chi connectivity index (χ4n) is 3.51. The molecule has 1 saturated heterocycles. The normalized spacial score (nSPS) is 15.5. The van der Waals surface area contributed by atoms with Gasteiger partial charge in [-0.3, -0.25) is 4.79 Å². The summed E-state index contributed by atoms with van der Waals surface area (Å²) in [5.41, 5.74) is 0. The number of nitrogens with zero attached hydrogens (tertiary/aromatic N) is 1. The summed E-state index contributed by atoms with van der Waals surface area (Å²) >= 11 is 0. The largest absolute Gasteiger partial charge is 0.339 e. The molecule has 0 bridgehead atoms. The average molecular weight is 374 g/mol. The fourth-order valence-corrected chi connectivity index (χ4v) is 3.51. The summed E-state index contributed by atoms with van der Waals surface area (Å²) in [4.78, 5) is 13.9. The molecule has 0 atom stereocenters. The minimum atomic E-state index is 0.176. The van der Waals surface area contributed by atoms with E-state index in [0.717, 1.165) is 32.4 Å². The summed E-state index contributed by atoms with van der Waals surface area (Å²) in [5.74, 6) is 0.176. The quantitative estimate of drug-likeness (QED) is 0.127. The van der Waals surface area contributed by atoms with Crippen molar-refractivity contribution in [2.24, 2.45) is 0 Å². The predicted molar refractivity (Wildman–Crippen MR) is 119 cm³/mol. The number of piperidine rings is 1. The lowest BCUT2D eigenvalue weighted by Crippen LogP contribution is -2.34. The molecule has 0 aromatic carbocycles. The molecular formula is C25H43NO. The lowest BCUT2D eigenvalue weighted by atomic mass is 10.1. The number of carbonyl (C=O) groups is 1. The molecule has 0 N–H and O–H groups in total. The van der Waals surface area contributed by atoms with Gasteiger partial charge in [0, 0.05) is 19.2 Å². The van der Waals surface area contributed by atoms with Gasteiger partial charge < -0.3 is 4.90 Å². The molecule has 0 saturated carbocycles. The third-order valence-electron chi connectivity index (χ3n) is 5.29. The number of amides is 1. The van der Waals surface area contributed by atoms with E-state index in [0.29, 0.717) is 0 Å². The van der Waals surface area contributed by atoms with Gasteiger partial charge in [-0.1, -0.05) is 75.8 Å². The summed E-state index contributed by atoms with van der Waals surface area (Å²) < 4.78 is 0. The number of likely N-dealkylation sites (tertiary alicyclic amines) is 1. The number of hydrogen-bond donors (Lipinski definition) is 0. The Kier molecular flexibility index (Phi) is 15.9. The van der Waals surface area contributed by atoms with Crippen LogP contribution >= 0.6 is 0 Å². The van der Waals surface area contributed by atoms with Crippen molar-refractivity contribution < 1.29 is 4.79 Å². The zero-order chi connectivity index (χ0) is 19.4. The molecule has 2 heteroatoms. The molecule has 0 aromatic rings. The van der Waals surface area contributed by atoms with Crippen LogP contribution in [0.25, 0.3) is 0 Å². The Morgan fingerprint density at radius 2 is 1.26 bits per heavy atom. The highest BCUT2D eigenvalue weighted by Crippen LogP contribution is 2.10. The molecule has 1 fully saturated rings. The van der Waals surface area contributed by atoms with Crippen molar-refractivity contribution in [3.8, 4) is 0 Å². The number of allylic oxidation sites excluding steroid dienone is 5. The van der Waals surface area contributed by atoms with Crippen molar-refractivity contribution in [1.29, 1.82) is 0 Å². The lowest BCUT2D eigenvalue weighted by Gasteiger charge is -2.25. The molecule has 0 spiro atoms. The molecule has 0 aliphatic carbocycles. The molecular weight excluding hydrogens is 330 g/mol. The molecule has 1 heterocycles. The zero-order valence-electron chi connectivity index (χ0n) is 17.8. The molecule has 1 rings (SSSR count). The molecule has 0 aromatic heterocycles. The van der Waals surface area contributed by atoms with Crippen LogP contribution in [0.1, 0.15) is 103 Å². The van der Waals surface area contributed by atoms with Crippen molar-refractivity contribution in [2.75, 3.05) is 13.1 Å². The van der Waals surface area contributed by atoms with Crippen molar-refractivity contribution in [2.45, 2.75) is 103 Å². The topological polar surface area (TPSA) is 20.3 Å². The number of hydrogen-bond acceptors (Lipinski definition) is 1. The van der Waals surface area contributed by atoms with E-state index >= 15 is 0 Å². The van der Waals surface area contributed by atoms with Crippen LogP contribution in [0, 0.1) is 0 Å². The van der Waals surface area contributed by atoms with Gasteiger partial charge in [-0.2, -0.15) is 0 Å². The summed E-state index contributed by atoms with van der Waals surface area (Å²) in [7, 11) is 0. The van der Waals surface area contributed by atoms with Gasteiger partial charge in [0.2, 0.25) is 5.91 Å². The number of carbonyl (C=O) groups excluding carboxylic acids is 1. The minimum Gasteiger partial charge on any atom is -0.339 e. The van der Waals surface area contributed by atoms with E-state index in [-0.39, 0.29) is 5.91 Å². The van der Waals surface area contributed by atoms with Crippen molar-refractivity contribution >= 4 is 5.91 Å². The Bertz CT molecular complexity index is 430. The van der Waals surface area contributed by atoms with Gasteiger partial charge in [-0.25, -0.2) is 0 Å². The van der Waals surface area contributed by atoms with Crippen LogP contribution in [-0.2, 0) is 4.79 Å². The Balaban J connectivity index is 1.86. The number of rotatable bonds is 15. The van der Waals surface area contributed by atoms with E-state index in [1.165, 1.54) is 77.0 Å². The monoisotopic (exact) mass is 373 g/mol. The Hall–Kier alpha value is -1.31. The van der Waals surface area contributed by atoms with E-state index in [9.17, 15) is 4.79 Å². The first-order chi connectivity index (χ1) is 13.3. The van der Waals surface area contributed by atoms with E-state index in [1.807, 2.05) is 17.1 Å². The molecule has 154 valence electrons. The maximum Gasteiger partial charge on any atom is 0.246 e. The summed E-state index contributed by atoms with van der Waals surface area (Å²) in [6.45, 7) is 4.13.